The highest BCUT2D eigenvalue weighted by Gasteiger charge is 2.17. The molecule has 1 aliphatic rings. The predicted octanol–water partition coefficient (Wildman–Crippen LogP) is 3.52. The minimum Gasteiger partial charge on any atom is -0.456 e. The molecule has 0 atom stereocenters. The number of esters is 1. The Morgan fingerprint density at radius 1 is 1.12 bits per heavy atom. The lowest BCUT2D eigenvalue weighted by Crippen LogP contribution is -2.46. The quantitative estimate of drug-likeness (QED) is 0.542. The van der Waals surface area contributed by atoms with Crippen molar-refractivity contribution in [2.75, 3.05) is 12.4 Å². The second kappa shape index (κ2) is 11.1. The number of imide groups is 1. The predicted molar refractivity (Wildman–Crippen MR) is 101 cm³/mol. The van der Waals surface area contributed by atoms with Gasteiger partial charge in [-0.2, -0.15) is 0 Å². The zero-order valence-corrected chi connectivity index (χ0v) is 16.0. The Balaban J connectivity index is 1.56. The molecule has 0 spiro atoms. The van der Waals surface area contributed by atoms with E-state index in [1.54, 1.807) is 12.1 Å². The lowest BCUT2D eigenvalue weighted by molar-refractivity contribution is -0.147. The summed E-state index contributed by atoms with van der Waals surface area (Å²) in [5.41, 5.74) is 0. The molecular formula is C18H23ClN2O4S. The summed E-state index contributed by atoms with van der Waals surface area (Å²) >= 11 is 7.31. The van der Waals surface area contributed by atoms with Crippen molar-refractivity contribution in [3.8, 4) is 0 Å². The fraction of sp³-hybridized carbons (Fsp3) is 0.500. The van der Waals surface area contributed by atoms with Gasteiger partial charge < -0.3 is 10.1 Å². The number of urea groups is 1. The van der Waals surface area contributed by atoms with E-state index in [1.165, 1.54) is 18.2 Å². The third kappa shape index (κ3) is 8.10. The highest BCUT2D eigenvalue weighted by molar-refractivity contribution is 7.99. The average molecular weight is 399 g/mol. The SMILES string of the molecule is O=C(COC(=O)CCSc1ccc(Cl)cc1)NC(=O)NC1CCCCC1. The molecule has 0 saturated heterocycles. The van der Waals surface area contributed by atoms with Crippen LogP contribution in [0, 0.1) is 0 Å². The Bertz CT molecular complexity index is 618. The van der Waals surface area contributed by atoms with Crippen LogP contribution >= 0.6 is 23.4 Å². The standard InChI is InChI=1S/C18H23ClN2O4S/c19-13-6-8-15(9-7-13)26-11-10-17(23)25-12-16(22)21-18(24)20-14-4-2-1-3-5-14/h6-9,14H,1-5,10-12H2,(H2,20,21,22,24). The van der Waals surface area contributed by atoms with Gasteiger partial charge in [0.1, 0.15) is 0 Å². The molecule has 0 radical (unpaired) electrons. The molecule has 2 N–H and O–H groups in total. The number of rotatable bonds is 7. The molecule has 2 rings (SSSR count). The summed E-state index contributed by atoms with van der Waals surface area (Å²) in [5.74, 6) is -0.573. The van der Waals surface area contributed by atoms with Gasteiger partial charge in [-0.25, -0.2) is 4.79 Å². The first-order valence-electron chi connectivity index (χ1n) is 8.67. The van der Waals surface area contributed by atoms with E-state index < -0.39 is 24.5 Å². The van der Waals surface area contributed by atoms with Crippen LogP contribution in [-0.2, 0) is 14.3 Å². The molecule has 142 valence electrons. The summed E-state index contributed by atoms with van der Waals surface area (Å²) in [6.45, 7) is -0.456. The molecule has 0 bridgehead atoms. The first-order valence-corrected chi connectivity index (χ1v) is 10.0. The largest absolute Gasteiger partial charge is 0.456 e. The molecule has 26 heavy (non-hydrogen) atoms. The number of carbonyl (C=O) groups excluding carboxylic acids is 3. The zero-order valence-electron chi connectivity index (χ0n) is 14.5. The Kier molecular flexibility index (Phi) is 8.77. The minimum absolute atomic E-state index is 0.115. The van der Waals surface area contributed by atoms with E-state index in [0.29, 0.717) is 10.8 Å². The van der Waals surface area contributed by atoms with Crippen molar-refractivity contribution < 1.29 is 19.1 Å². The number of halogens is 1. The van der Waals surface area contributed by atoms with Crippen molar-refractivity contribution in [1.82, 2.24) is 10.6 Å². The summed E-state index contributed by atoms with van der Waals surface area (Å²) in [4.78, 5) is 36.0. The number of amides is 3. The highest BCUT2D eigenvalue weighted by atomic mass is 35.5. The molecule has 8 heteroatoms. The van der Waals surface area contributed by atoms with E-state index in [2.05, 4.69) is 10.6 Å². The fourth-order valence-electron chi connectivity index (χ4n) is 2.63. The molecule has 1 aromatic rings. The Morgan fingerprint density at radius 2 is 1.81 bits per heavy atom. The van der Waals surface area contributed by atoms with Crippen LogP contribution in [0.4, 0.5) is 4.79 Å². The van der Waals surface area contributed by atoms with Crippen LogP contribution in [0.2, 0.25) is 5.02 Å². The Labute approximate surface area is 162 Å². The third-order valence-corrected chi connectivity index (χ3v) is 5.21. The van der Waals surface area contributed by atoms with Crippen molar-refractivity contribution in [2.45, 2.75) is 49.5 Å². The summed E-state index contributed by atoms with van der Waals surface area (Å²) in [6.07, 6.45) is 5.40. The first kappa shape index (κ1) is 20.6. The molecule has 1 saturated carbocycles. The summed E-state index contributed by atoms with van der Waals surface area (Å²) < 4.78 is 4.89. The van der Waals surface area contributed by atoms with Gasteiger partial charge in [0.05, 0.1) is 6.42 Å². The number of benzene rings is 1. The highest BCUT2D eigenvalue weighted by Crippen LogP contribution is 2.21. The number of thioether (sulfide) groups is 1. The number of carbonyl (C=O) groups is 3. The van der Waals surface area contributed by atoms with Gasteiger partial charge in [0, 0.05) is 21.7 Å². The van der Waals surface area contributed by atoms with E-state index in [9.17, 15) is 14.4 Å². The zero-order chi connectivity index (χ0) is 18.8. The van der Waals surface area contributed by atoms with Crippen molar-refractivity contribution >= 4 is 41.3 Å². The van der Waals surface area contributed by atoms with Crippen LogP contribution in [0.15, 0.2) is 29.2 Å². The molecule has 0 unspecified atom stereocenters. The number of nitrogens with one attached hydrogen (secondary N) is 2. The van der Waals surface area contributed by atoms with Gasteiger partial charge in [0.15, 0.2) is 6.61 Å². The van der Waals surface area contributed by atoms with E-state index in [0.717, 1.165) is 30.6 Å². The Morgan fingerprint density at radius 3 is 2.50 bits per heavy atom. The van der Waals surface area contributed by atoms with E-state index in [1.807, 2.05) is 12.1 Å². The van der Waals surface area contributed by atoms with Crippen molar-refractivity contribution in [1.29, 1.82) is 0 Å². The number of ether oxygens (including phenoxy) is 1. The fourth-order valence-corrected chi connectivity index (χ4v) is 3.59. The summed E-state index contributed by atoms with van der Waals surface area (Å²) in [7, 11) is 0. The van der Waals surface area contributed by atoms with Crippen LogP contribution in [0.5, 0.6) is 0 Å². The maximum absolute atomic E-state index is 11.7. The molecule has 1 aliphatic carbocycles. The van der Waals surface area contributed by atoms with Gasteiger partial charge in [-0.05, 0) is 37.1 Å². The minimum atomic E-state index is -0.628. The third-order valence-electron chi connectivity index (χ3n) is 3.95. The van der Waals surface area contributed by atoms with Crippen LogP contribution in [0.1, 0.15) is 38.5 Å². The van der Waals surface area contributed by atoms with E-state index in [-0.39, 0.29) is 12.5 Å². The van der Waals surface area contributed by atoms with Gasteiger partial charge in [-0.3, -0.25) is 14.9 Å². The molecule has 1 fully saturated rings. The molecule has 0 aromatic heterocycles. The smallest absolute Gasteiger partial charge is 0.321 e. The lowest BCUT2D eigenvalue weighted by atomic mass is 9.96. The van der Waals surface area contributed by atoms with Gasteiger partial charge in [-0.15, -0.1) is 11.8 Å². The Hall–Kier alpha value is -1.73. The molecule has 6 nitrogen and oxygen atoms in total. The van der Waals surface area contributed by atoms with Crippen molar-refractivity contribution in [3.05, 3.63) is 29.3 Å². The summed E-state index contributed by atoms with van der Waals surface area (Å²) in [6, 6.07) is 6.89. The second-order valence-corrected chi connectivity index (χ2v) is 7.67. The normalized spacial score (nSPS) is 14.5. The average Bonchev–Trinajstić information content (AvgIpc) is 2.62. The van der Waals surface area contributed by atoms with E-state index in [4.69, 9.17) is 16.3 Å². The van der Waals surface area contributed by atoms with Crippen LogP contribution in [0.25, 0.3) is 0 Å². The monoisotopic (exact) mass is 398 g/mol. The van der Waals surface area contributed by atoms with Crippen LogP contribution < -0.4 is 10.6 Å². The van der Waals surface area contributed by atoms with E-state index >= 15 is 0 Å². The van der Waals surface area contributed by atoms with Crippen molar-refractivity contribution in [2.24, 2.45) is 0 Å². The first-order chi connectivity index (χ1) is 12.5. The topological polar surface area (TPSA) is 84.5 Å². The van der Waals surface area contributed by atoms with Gasteiger partial charge in [-0.1, -0.05) is 30.9 Å². The van der Waals surface area contributed by atoms with Gasteiger partial charge >= 0.3 is 12.0 Å². The van der Waals surface area contributed by atoms with Gasteiger partial charge in [0.25, 0.3) is 5.91 Å². The number of hydrogen-bond acceptors (Lipinski definition) is 5. The molecule has 0 aliphatic heterocycles. The molecule has 0 heterocycles. The van der Waals surface area contributed by atoms with Crippen LogP contribution in [-0.4, -0.2) is 36.3 Å². The molecule has 3 amide bonds. The summed E-state index contributed by atoms with van der Waals surface area (Å²) in [5, 5.41) is 5.62. The molecule has 1 aromatic carbocycles. The maximum Gasteiger partial charge on any atom is 0.321 e. The second-order valence-electron chi connectivity index (χ2n) is 6.07. The number of hydrogen-bond donors (Lipinski definition) is 2. The van der Waals surface area contributed by atoms with Gasteiger partial charge in [0.2, 0.25) is 0 Å². The van der Waals surface area contributed by atoms with Crippen molar-refractivity contribution in [3.63, 3.8) is 0 Å². The van der Waals surface area contributed by atoms with Crippen LogP contribution in [0.3, 0.4) is 0 Å². The molecular weight excluding hydrogens is 376 g/mol. The lowest BCUT2D eigenvalue weighted by Gasteiger charge is -2.22. The maximum atomic E-state index is 11.7.